The summed E-state index contributed by atoms with van der Waals surface area (Å²) in [6.45, 7) is 4.37. The third-order valence-corrected chi connectivity index (χ3v) is 10.8. The van der Waals surface area contributed by atoms with Crippen LogP contribution < -0.4 is 9.77 Å². The van der Waals surface area contributed by atoms with Crippen LogP contribution in [0.2, 0.25) is 0 Å². The average Bonchev–Trinajstić information content (AvgIpc) is 3.44. The Morgan fingerprint density at radius 3 is 2.47 bits per heavy atom. The molecule has 0 spiro atoms. The van der Waals surface area contributed by atoms with Crippen molar-refractivity contribution >= 4 is 40.6 Å². The molecule has 2 aromatic rings. The van der Waals surface area contributed by atoms with Crippen LogP contribution in [-0.4, -0.2) is 22.0 Å². The van der Waals surface area contributed by atoms with Crippen LogP contribution in [0.5, 0.6) is 0 Å². The Morgan fingerprint density at radius 1 is 1.13 bits per heavy atom. The van der Waals surface area contributed by atoms with Crippen LogP contribution in [0, 0.1) is 35.4 Å². The van der Waals surface area contributed by atoms with E-state index in [-0.39, 0.29) is 62.8 Å². The first-order valence-electron chi connectivity index (χ1n) is 10.4. The number of hydrogen-bond donors (Lipinski definition) is 1. The molecule has 1 aromatic heterocycles. The number of thioether (sulfide) groups is 1. The third kappa shape index (κ3) is 2.16. The van der Waals surface area contributed by atoms with E-state index < -0.39 is 0 Å². The van der Waals surface area contributed by atoms with Gasteiger partial charge in [0.2, 0.25) is 11.8 Å². The molecule has 0 radical (unpaired) electrons. The average molecular weight is 445 g/mol. The van der Waals surface area contributed by atoms with Crippen molar-refractivity contribution in [3.05, 3.63) is 44.6 Å². The van der Waals surface area contributed by atoms with Crippen LogP contribution in [0.15, 0.2) is 34.1 Å². The quantitative estimate of drug-likeness (QED) is 0.716. The lowest BCUT2D eigenvalue weighted by molar-refractivity contribution is -0.123. The van der Waals surface area contributed by atoms with E-state index in [0.717, 1.165) is 22.7 Å². The first kappa shape index (κ1) is 18.8. The predicted molar refractivity (Wildman–Crippen MR) is 113 cm³/mol. The second kappa shape index (κ2) is 6.07. The first-order chi connectivity index (χ1) is 14.3. The topological polar surface area (TPSA) is 70.2 Å². The van der Waals surface area contributed by atoms with Crippen molar-refractivity contribution in [1.82, 2.24) is 4.98 Å². The van der Waals surface area contributed by atoms with Crippen molar-refractivity contribution in [3.63, 3.8) is 0 Å². The van der Waals surface area contributed by atoms with Gasteiger partial charge in [-0.3, -0.25) is 19.3 Å². The smallest absolute Gasteiger partial charge is 0.305 e. The van der Waals surface area contributed by atoms with E-state index in [0.29, 0.717) is 5.69 Å². The molecule has 1 N–H and O–H groups in total. The lowest BCUT2D eigenvalue weighted by Crippen LogP contribution is -2.49. The highest BCUT2D eigenvalue weighted by atomic mass is 32.2. The largest absolute Gasteiger partial charge is 0.307 e. The van der Waals surface area contributed by atoms with Gasteiger partial charge in [0.1, 0.15) is 5.82 Å². The minimum atomic E-state index is -0.389. The summed E-state index contributed by atoms with van der Waals surface area (Å²) in [7, 11) is 0. The van der Waals surface area contributed by atoms with Crippen LogP contribution in [0.1, 0.15) is 31.6 Å². The standard InChI is InChI=1S/C22H21FN2O3S2/c1-3-22(2)15-11-8-12(16(15)29-18-17(22)30-21(28)24-18)14-13(11)19(26)25(20(14)27)10-6-4-9(23)5-7-10/h4-7,11-16H,3,8H2,1-2H3,(H,24,28)/t11-,12-,13+,14+,15-,16+,22+/m0/s1. The van der Waals surface area contributed by atoms with E-state index in [1.54, 1.807) is 11.8 Å². The fourth-order valence-corrected chi connectivity index (χ4v) is 9.93. The number of H-pyrrole nitrogens is 1. The van der Waals surface area contributed by atoms with Crippen LogP contribution in [0.3, 0.4) is 0 Å². The molecule has 0 unspecified atom stereocenters. The molecule has 5 nitrogen and oxygen atoms in total. The number of carbonyl (C=O) groups is 2. The number of aromatic amines is 1. The predicted octanol–water partition coefficient (Wildman–Crippen LogP) is 3.79. The molecule has 2 amide bonds. The summed E-state index contributed by atoms with van der Waals surface area (Å²) < 4.78 is 13.4. The summed E-state index contributed by atoms with van der Waals surface area (Å²) in [5.41, 5.74) is 0.282. The maximum absolute atomic E-state index is 13.4. The van der Waals surface area contributed by atoms with Crippen molar-refractivity contribution < 1.29 is 14.0 Å². The summed E-state index contributed by atoms with van der Waals surface area (Å²) in [5.74, 6) is -0.770. The molecule has 6 rings (SSSR count). The first-order valence-corrected chi connectivity index (χ1v) is 12.1. The van der Waals surface area contributed by atoms with Gasteiger partial charge in [-0.1, -0.05) is 25.2 Å². The summed E-state index contributed by atoms with van der Waals surface area (Å²) >= 11 is 3.00. The lowest BCUT2D eigenvalue weighted by Gasteiger charge is -2.48. The molecule has 1 saturated heterocycles. The van der Waals surface area contributed by atoms with Crippen molar-refractivity contribution in [2.45, 2.75) is 42.4 Å². The molecule has 4 aliphatic rings. The molecule has 2 saturated carbocycles. The van der Waals surface area contributed by atoms with Gasteiger partial charge in [-0.15, -0.1) is 11.8 Å². The minimum absolute atomic E-state index is 0.0330. The summed E-state index contributed by atoms with van der Waals surface area (Å²) in [6.07, 6.45) is 1.78. The summed E-state index contributed by atoms with van der Waals surface area (Å²) in [5, 5.41) is 1.18. The zero-order valence-electron chi connectivity index (χ0n) is 16.6. The van der Waals surface area contributed by atoms with Gasteiger partial charge in [-0.05, 0) is 54.9 Å². The second-order valence-electron chi connectivity index (χ2n) is 9.16. The number of imide groups is 1. The molecule has 3 heterocycles. The number of anilines is 1. The van der Waals surface area contributed by atoms with Gasteiger partial charge >= 0.3 is 4.87 Å². The summed E-state index contributed by atoms with van der Waals surface area (Å²) in [4.78, 5) is 44.3. The molecule has 8 heteroatoms. The molecule has 156 valence electrons. The van der Waals surface area contributed by atoms with Crippen molar-refractivity contribution in [3.8, 4) is 0 Å². The zero-order chi connectivity index (χ0) is 20.9. The number of thiazole rings is 1. The number of aromatic nitrogens is 1. The van der Waals surface area contributed by atoms with Crippen molar-refractivity contribution in [2.24, 2.45) is 29.6 Å². The Hall–Kier alpha value is -1.93. The zero-order valence-corrected chi connectivity index (χ0v) is 18.2. The highest BCUT2D eigenvalue weighted by Gasteiger charge is 2.71. The van der Waals surface area contributed by atoms with Gasteiger partial charge < -0.3 is 4.98 Å². The third-order valence-electron chi connectivity index (χ3n) is 8.05. The Kier molecular flexibility index (Phi) is 3.80. The van der Waals surface area contributed by atoms with Gasteiger partial charge in [0.15, 0.2) is 0 Å². The molecule has 7 atom stereocenters. The molecule has 2 aliphatic carbocycles. The number of nitrogens with one attached hydrogen (secondary N) is 1. The number of carbonyl (C=O) groups excluding carboxylic acids is 2. The SMILES string of the molecule is CC[C@@]1(C)c2sc(=O)[nH]c2S[C@@H]2[C@H]3C[C@@H]([C@H]4C(=O)N(c5ccc(F)cc5)C(=O)[C@H]34)[C@@H]21. The van der Waals surface area contributed by atoms with E-state index in [1.165, 1.54) is 40.5 Å². The molecular weight excluding hydrogens is 423 g/mol. The van der Waals surface area contributed by atoms with Crippen molar-refractivity contribution in [1.29, 1.82) is 0 Å². The number of fused-ring (bicyclic) bond motifs is 9. The van der Waals surface area contributed by atoms with Crippen LogP contribution in [0.25, 0.3) is 0 Å². The van der Waals surface area contributed by atoms with E-state index in [9.17, 15) is 18.8 Å². The normalized spacial score (nSPS) is 38.7. The number of hydrogen-bond acceptors (Lipinski definition) is 5. The highest BCUT2D eigenvalue weighted by molar-refractivity contribution is 8.00. The maximum Gasteiger partial charge on any atom is 0.305 e. The van der Waals surface area contributed by atoms with E-state index in [1.807, 2.05) is 0 Å². The second-order valence-corrected chi connectivity index (χ2v) is 11.3. The Labute approximate surface area is 181 Å². The fraction of sp³-hybridized carbons (Fsp3) is 0.500. The number of amides is 2. The number of benzene rings is 1. The van der Waals surface area contributed by atoms with Gasteiger partial charge in [-0.2, -0.15) is 0 Å². The number of nitrogens with zero attached hydrogens (tertiary/aromatic N) is 1. The molecule has 2 aliphatic heterocycles. The van der Waals surface area contributed by atoms with Gasteiger partial charge in [0.05, 0.1) is 22.5 Å². The molecule has 3 fully saturated rings. The highest BCUT2D eigenvalue weighted by Crippen LogP contribution is 2.69. The van der Waals surface area contributed by atoms with Crippen LogP contribution in [-0.2, 0) is 15.0 Å². The van der Waals surface area contributed by atoms with E-state index in [4.69, 9.17) is 0 Å². The van der Waals surface area contributed by atoms with E-state index >= 15 is 0 Å². The minimum Gasteiger partial charge on any atom is -0.307 e. The van der Waals surface area contributed by atoms with Crippen molar-refractivity contribution in [2.75, 3.05) is 4.90 Å². The monoisotopic (exact) mass is 444 g/mol. The van der Waals surface area contributed by atoms with Gasteiger partial charge in [-0.25, -0.2) is 4.39 Å². The van der Waals surface area contributed by atoms with E-state index in [2.05, 4.69) is 18.8 Å². The Balaban J connectivity index is 1.43. The molecular formula is C22H21FN2O3S2. The van der Waals surface area contributed by atoms with Crippen LogP contribution in [0.4, 0.5) is 10.1 Å². The Morgan fingerprint density at radius 2 is 1.80 bits per heavy atom. The number of rotatable bonds is 2. The molecule has 1 aromatic carbocycles. The molecule has 2 bridgehead atoms. The summed E-state index contributed by atoms with van der Waals surface area (Å²) in [6, 6.07) is 5.59. The molecule has 30 heavy (non-hydrogen) atoms. The maximum atomic E-state index is 13.4. The fourth-order valence-electron chi connectivity index (χ4n) is 6.74. The number of halogens is 1. The van der Waals surface area contributed by atoms with Gasteiger partial charge in [0.25, 0.3) is 0 Å². The van der Waals surface area contributed by atoms with Crippen LogP contribution >= 0.6 is 23.1 Å². The Bertz CT molecular complexity index is 1140. The lowest BCUT2D eigenvalue weighted by atomic mass is 9.62. The van der Waals surface area contributed by atoms with Gasteiger partial charge in [0, 0.05) is 15.5 Å².